The third kappa shape index (κ3) is 7.16. The molecule has 0 aliphatic carbocycles. The van der Waals surface area contributed by atoms with Crippen LogP contribution in [0.15, 0.2) is 140 Å². The molecule has 0 amide bonds. The van der Waals surface area contributed by atoms with E-state index in [1.165, 1.54) is 87.6 Å². The van der Waals surface area contributed by atoms with Crippen molar-refractivity contribution < 1.29 is 24.2 Å². The molecule has 0 aliphatic rings. The van der Waals surface area contributed by atoms with Crippen LogP contribution >= 0.6 is 0 Å². The first-order valence-electron chi connectivity index (χ1n) is 14.5. The van der Waals surface area contributed by atoms with Crippen molar-refractivity contribution in [2.24, 2.45) is 0 Å². The number of benzene rings is 5. The van der Waals surface area contributed by atoms with Crippen LogP contribution in [0.2, 0.25) is 0 Å². The standard InChI is InChI=1S/C17H17.C13H10.C10H9.Zr/c1-3-12-5-7-16-14(9-12)11-15-10-13(4-2)6-8-17(15)16;1-3-7-12(8-4-1)11-13-9-5-2-6-10-13;1-8-6-9-4-2-3-5-10(9)7-8;/h5-11H,3-4H2,1-2H3;1-10H;2-7H,1H3;/q-1;;-1;+2. The average Bonchev–Trinajstić information content (AvgIpc) is 3.60. The van der Waals surface area contributed by atoms with Gasteiger partial charge in [0.15, 0.2) is 0 Å². The van der Waals surface area contributed by atoms with Gasteiger partial charge in [-0.05, 0) is 12.8 Å². The monoisotopic (exact) mass is 606 g/mol. The molecule has 7 aromatic rings. The molecule has 0 bridgehead atoms. The van der Waals surface area contributed by atoms with E-state index in [9.17, 15) is 0 Å². The van der Waals surface area contributed by atoms with Crippen molar-refractivity contribution >= 4 is 35.5 Å². The molecule has 7 rings (SSSR count). The molecule has 0 aromatic heterocycles. The van der Waals surface area contributed by atoms with E-state index < -0.39 is 0 Å². The van der Waals surface area contributed by atoms with Gasteiger partial charge in [0.25, 0.3) is 0 Å². The van der Waals surface area contributed by atoms with Gasteiger partial charge in [0, 0.05) is 0 Å². The molecule has 0 nitrogen and oxygen atoms in total. The molecular weight excluding hydrogens is 572 g/mol. The second-order valence-electron chi connectivity index (χ2n) is 10.5. The average molecular weight is 608 g/mol. The summed E-state index contributed by atoms with van der Waals surface area (Å²) in [5.74, 6) is 0. The zero-order valence-electron chi connectivity index (χ0n) is 24.2. The van der Waals surface area contributed by atoms with Gasteiger partial charge in [-0.25, -0.2) is 0 Å². The van der Waals surface area contributed by atoms with Crippen LogP contribution in [0.3, 0.4) is 0 Å². The van der Waals surface area contributed by atoms with E-state index in [2.05, 4.69) is 160 Å². The maximum absolute atomic E-state index is 2.32. The van der Waals surface area contributed by atoms with Gasteiger partial charge >= 0.3 is 99.2 Å². The fourth-order valence-corrected chi connectivity index (χ4v) is 6.06. The van der Waals surface area contributed by atoms with Gasteiger partial charge in [-0.1, -0.05) is 62.2 Å². The Balaban J connectivity index is 0.000000128. The van der Waals surface area contributed by atoms with E-state index >= 15 is 0 Å². The van der Waals surface area contributed by atoms with Gasteiger partial charge < -0.3 is 0 Å². The molecule has 0 fully saturated rings. The molecule has 0 saturated heterocycles. The fraction of sp³-hybridized carbons (Fsp3) is 0.125. The third-order valence-corrected chi connectivity index (χ3v) is 8.96. The predicted octanol–water partition coefficient (Wildman–Crippen LogP) is 10.5. The van der Waals surface area contributed by atoms with Gasteiger partial charge in [0.1, 0.15) is 0 Å². The molecule has 41 heavy (non-hydrogen) atoms. The van der Waals surface area contributed by atoms with Crippen LogP contribution in [-0.2, 0) is 37.1 Å². The minimum atomic E-state index is 1.11. The summed E-state index contributed by atoms with van der Waals surface area (Å²) in [6.45, 7) is 6.54. The molecule has 0 heterocycles. The van der Waals surface area contributed by atoms with Crippen molar-refractivity contribution in [1.29, 1.82) is 0 Å². The number of aryl methyl sites for hydroxylation is 3. The van der Waals surface area contributed by atoms with Crippen LogP contribution in [0.5, 0.6) is 0 Å². The second-order valence-corrected chi connectivity index (χ2v) is 11.7. The Morgan fingerprint density at radius 2 is 1.02 bits per heavy atom. The van der Waals surface area contributed by atoms with Crippen molar-refractivity contribution in [3.8, 4) is 0 Å². The molecule has 200 valence electrons. The summed E-state index contributed by atoms with van der Waals surface area (Å²) in [4.78, 5) is 0. The number of fused-ring (bicyclic) bond motifs is 4. The van der Waals surface area contributed by atoms with E-state index in [0.717, 1.165) is 12.8 Å². The van der Waals surface area contributed by atoms with Crippen LogP contribution in [-0.4, -0.2) is 3.21 Å². The minimum absolute atomic E-state index is 1.11. The summed E-state index contributed by atoms with van der Waals surface area (Å²) < 4.78 is 1.42. The summed E-state index contributed by atoms with van der Waals surface area (Å²) in [6.07, 6.45) is 2.22. The van der Waals surface area contributed by atoms with Crippen LogP contribution in [0.4, 0.5) is 0 Å². The molecule has 7 aromatic carbocycles. The van der Waals surface area contributed by atoms with Gasteiger partial charge in [-0.15, -0.1) is 80.3 Å². The number of hydrogen-bond acceptors (Lipinski definition) is 0. The quantitative estimate of drug-likeness (QED) is 0.175. The molecule has 0 radical (unpaired) electrons. The molecule has 0 saturated carbocycles. The number of hydrogen-bond donors (Lipinski definition) is 0. The van der Waals surface area contributed by atoms with Crippen molar-refractivity contribution in [3.63, 3.8) is 0 Å². The SMILES string of the molecule is CCc1ccc2c(c1)[cH-]c1cc(CC)ccc12.Cc1cc2ccccc2[cH-]1.[Zr+2]=[C](c1ccccc1)c1ccccc1. The fourth-order valence-electron chi connectivity index (χ4n) is 5.24. The van der Waals surface area contributed by atoms with E-state index in [1.807, 2.05) is 0 Å². The Morgan fingerprint density at radius 3 is 1.51 bits per heavy atom. The Hall–Kier alpha value is -3.67. The first kappa shape index (κ1) is 28.8. The maximum atomic E-state index is 2.32. The molecule has 0 unspecified atom stereocenters. The predicted molar refractivity (Wildman–Crippen MR) is 176 cm³/mol. The summed E-state index contributed by atoms with van der Waals surface area (Å²) in [5.41, 5.74) is 6.85. The van der Waals surface area contributed by atoms with Gasteiger partial charge in [-0.3, -0.25) is 0 Å². The molecule has 0 spiro atoms. The molecule has 0 N–H and O–H groups in total. The van der Waals surface area contributed by atoms with Crippen LogP contribution in [0.1, 0.15) is 41.7 Å². The first-order chi connectivity index (χ1) is 20.1. The molecule has 0 aliphatic heterocycles. The van der Waals surface area contributed by atoms with E-state index in [1.54, 1.807) is 0 Å². The molecular formula is C40H36Zr. The Kier molecular flexibility index (Phi) is 9.71. The Labute approximate surface area is 259 Å². The van der Waals surface area contributed by atoms with Crippen LogP contribution in [0, 0.1) is 6.92 Å². The summed E-state index contributed by atoms with van der Waals surface area (Å²) >= 11 is 1.46. The van der Waals surface area contributed by atoms with E-state index in [-0.39, 0.29) is 0 Å². The first-order valence-corrected chi connectivity index (χ1v) is 15.7. The van der Waals surface area contributed by atoms with Gasteiger partial charge in [0.05, 0.1) is 0 Å². The summed E-state index contributed by atoms with van der Waals surface area (Å²) in [7, 11) is 0. The van der Waals surface area contributed by atoms with Gasteiger partial charge in [0.2, 0.25) is 0 Å². The van der Waals surface area contributed by atoms with E-state index in [0.29, 0.717) is 0 Å². The summed E-state index contributed by atoms with van der Waals surface area (Å²) in [5, 5.41) is 8.24. The van der Waals surface area contributed by atoms with Crippen molar-refractivity contribution in [3.05, 3.63) is 167 Å². The zero-order valence-corrected chi connectivity index (χ0v) is 26.7. The zero-order chi connectivity index (χ0) is 28.6. The van der Waals surface area contributed by atoms with Crippen molar-refractivity contribution in [2.75, 3.05) is 0 Å². The third-order valence-electron chi connectivity index (χ3n) is 7.54. The van der Waals surface area contributed by atoms with Crippen molar-refractivity contribution in [2.45, 2.75) is 33.6 Å². The normalized spacial score (nSPS) is 10.7. The van der Waals surface area contributed by atoms with E-state index in [4.69, 9.17) is 0 Å². The Bertz CT molecular complexity index is 1730. The van der Waals surface area contributed by atoms with Crippen LogP contribution < -0.4 is 0 Å². The Morgan fingerprint density at radius 1 is 0.537 bits per heavy atom. The second kappa shape index (κ2) is 13.8. The van der Waals surface area contributed by atoms with Crippen LogP contribution in [0.25, 0.3) is 32.3 Å². The molecule has 0 atom stereocenters. The number of rotatable bonds is 4. The van der Waals surface area contributed by atoms with Gasteiger partial charge in [-0.2, -0.15) is 6.07 Å². The summed E-state index contributed by atoms with van der Waals surface area (Å²) in [6, 6.07) is 49.9. The topological polar surface area (TPSA) is 0 Å². The molecule has 1 heteroatoms. The van der Waals surface area contributed by atoms with Crippen molar-refractivity contribution in [1.82, 2.24) is 0 Å².